The summed E-state index contributed by atoms with van der Waals surface area (Å²) in [7, 11) is 0. The number of terminal acetylenes is 1. The van der Waals surface area contributed by atoms with Crippen LogP contribution in [0.1, 0.15) is 19.3 Å². The summed E-state index contributed by atoms with van der Waals surface area (Å²) in [5.41, 5.74) is 0. The van der Waals surface area contributed by atoms with E-state index in [1.54, 1.807) is 0 Å². The molecule has 2 amide bonds. The fourth-order valence-corrected chi connectivity index (χ4v) is 2.53. The van der Waals surface area contributed by atoms with Crippen LogP contribution in [0, 0.1) is 24.2 Å². The molecule has 5 nitrogen and oxygen atoms in total. The van der Waals surface area contributed by atoms with Crippen LogP contribution >= 0.6 is 0 Å². The van der Waals surface area contributed by atoms with Gasteiger partial charge in [0, 0.05) is 6.42 Å². The van der Waals surface area contributed by atoms with Gasteiger partial charge in [-0.05, 0) is 12.8 Å². The SMILES string of the molecule is C#CCC(C(=O)O)N1C(=O)C2CC=CCC2C1=O. The van der Waals surface area contributed by atoms with Gasteiger partial charge in [0.05, 0.1) is 11.8 Å². The zero-order chi connectivity index (χ0) is 13.3. The van der Waals surface area contributed by atoms with Crippen molar-refractivity contribution < 1.29 is 19.5 Å². The van der Waals surface area contributed by atoms with Gasteiger partial charge in [-0.3, -0.25) is 14.5 Å². The maximum Gasteiger partial charge on any atom is 0.327 e. The van der Waals surface area contributed by atoms with Crippen LogP contribution in [0.25, 0.3) is 0 Å². The second-order valence-corrected chi connectivity index (χ2v) is 4.46. The summed E-state index contributed by atoms with van der Waals surface area (Å²) in [6.45, 7) is 0. The molecule has 0 spiro atoms. The summed E-state index contributed by atoms with van der Waals surface area (Å²) >= 11 is 0. The maximum atomic E-state index is 12.1. The van der Waals surface area contributed by atoms with Gasteiger partial charge in [-0.25, -0.2) is 4.79 Å². The molecule has 1 aliphatic carbocycles. The van der Waals surface area contributed by atoms with Crippen LogP contribution in [0.5, 0.6) is 0 Å². The van der Waals surface area contributed by atoms with Gasteiger partial charge in [-0.15, -0.1) is 12.3 Å². The Balaban J connectivity index is 2.29. The molecule has 0 saturated carbocycles. The highest BCUT2D eigenvalue weighted by Crippen LogP contribution is 2.36. The van der Waals surface area contributed by atoms with Crippen molar-refractivity contribution in [2.24, 2.45) is 11.8 Å². The number of likely N-dealkylation sites (tertiary alicyclic amines) is 1. The Hall–Kier alpha value is -2.09. The molecule has 3 atom stereocenters. The molecule has 5 heteroatoms. The van der Waals surface area contributed by atoms with Gasteiger partial charge in [0.2, 0.25) is 11.8 Å². The van der Waals surface area contributed by atoms with Gasteiger partial charge in [0.1, 0.15) is 6.04 Å². The summed E-state index contributed by atoms with van der Waals surface area (Å²) in [5, 5.41) is 9.08. The number of carboxylic acids is 1. The molecule has 18 heavy (non-hydrogen) atoms. The van der Waals surface area contributed by atoms with Crippen molar-refractivity contribution in [1.82, 2.24) is 4.90 Å². The Morgan fingerprint density at radius 2 is 1.89 bits per heavy atom. The predicted molar refractivity (Wildman–Crippen MR) is 62.1 cm³/mol. The van der Waals surface area contributed by atoms with E-state index in [2.05, 4.69) is 5.92 Å². The number of hydrogen-bond donors (Lipinski definition) is 1. The first-order chi connectivity index (χ1) is 8.57. The third kappa shape index (κ3) is 1.80. The van der Waals surface area contributed by atoms with E-state index in [9.17, 15) is 14.4 Å². The molecular weight excluding hydrogens is 234 g/mol. The van der Waals surface area contributed by atoms with Gasteiger partial charge in [-0.2, -0.15) is 0 Å². The van der Waals surface area contributed by atoms with Gasteiger partial charge in [0.25, 0.3) is 0 Å². The number of carbonyl (C=O) groups is 3. The van der Waals surface area contributed by atoms with Crippen molar-refractivity contribution in [3.8, 4) is 12.3 Å². The average molecular weight is 247 g/mol. The number of carbonyl (C=O) groups excluding carboxylic acids is 2. The Bertz CT molecular complexity index is 448. The number of rotatable bonds is 3. The van der Waals surface area contributed by atoms with Crippen molar-refractivity contribution in [3.05, 3.63) is 12.2 Å². The summed E-state index contributed by atoms with van der Waals surface area (Å²) < 4.78 is 0. The highest BCUT2D eigenvalue weighted by molar-refractivity contribution is 6.08. The van der Waals surface area contributed by atoms with E-state index in [1.807, 2.05) is 12.2 Å². The third-order valence-electron chi connectivity index (χ3n) is 3.45. The number of amides is 2. The molecule has 0 aromatic rings. The minimum absolute atomic E-state index is 0.153. The monoisotopic (exact) mass is 247 g/mol. The van der Waals surface area contributed by atoms with Crippen LogP contribution in [-0.2, 0) is 14.4 Å². The molecule has 0 aromatic carbocycles. The smallest absolute Gasteiger partial charge is 0.327 e. The lowest BCUT2D eigenvalue weighted by molar-refractivity contribution is -0.154. The van der Waals surface area contributed by atoms with Crippen LogP contribution in [-0.4, -0.2) is 33.8 Å². The van der Waals surface area contributed by atoms with Crippen molar-refractivity contribution in [3.63, 3.8) is 0 Å². The normalized spacial score (nSPS) is 27.8. The quantitative estimate of drug-likeness (QED) is 0.445. The lowest BCUT2D eigenvalue weighted by atomic mass is 9.85. The van der Waals surface area contributed by atoms with Gasteiger partial charge in [0.15, 0.2) is 0 Å². The van der Waals surface area contributed by atoms with Crippen LogP contribution < -0.4 is 0 Å². The topological polar surface area (TPSA) is 74.7 Å². The number of imide groups is 1. The Labute approximate surface area is 104 Å². The third-order valence-corrected chi connectivity index (χ3v) is 3.45. The van der Waals surface area contributed by atoms with Crippen molar-refractivity contribution in [2.45, 2.75) is 25.3 Å². The van der Waals surface area contributed by atoms with E-state index < -0.39 is 35.7 Å². The van der Waals surface area contributed by atoms with Crippen molar-refractivity contribution in [2.75, 3.05) is 0 Å². The second-order valence-electron chi connectivity index (χ2n) is 4.46. The number of hydrogen-bond acceptors (Lipinski definition) is 3. The Kier molecular flexibility index (Phi) is 3.19. The molecular formula is C13H13NO4. The molecule has 2 aliphatic rings. The maximum absolute atomic E-state index is 12.1. The van der Waals surface area contributed by atoms with Crippen LogP contribution in [0.15, 0.2) is 12.2 Å². The molecule has 1 heterocycles. The molecule has 0 radical (unpaired) electrons. The van der Waals surface area contributed by atoms with Crippen LogP contribution in [0.4, 0.5) is 0 Å². The number of aliphatic carboxylic acids is 1. The van der Waals surface area contributed by atoms with Crippen LogP contribution in [0.2, 0.25) is 0 Å². The van der Waals surface area contributed by atoms with Crippen molar-refractivity contribution >= 4 is 17.8 Å². The fourth-order valence-electron chi connectivity index (χ4n) is 2.53. The van der Waals surface area contributed by atoms with E-state index in [0.29, 0.717) is 12.8 Å². The molecule has 0 bridgehead atoms. The molecule has 3 unspecified atom stereocenters. The van der Waals surface area contributed by atoms with E-state index in [-0.39, 0.29) is 6.42 Å². The number of allylic oxidation sites excluding steroid dienone is 2. The minimum atomic E-state index is -1.24. The molecule has 0 aromatic heterocycles. The zero-order valence-corrected chi connectivity index (χ0v) is 9.70. The van der Waals surface area contributed by atoms with Gasteiger partial charge < -0.3 is 5.11 Å². The molecule has 2 rings (SSSR count). The largest absolute Gasteiger partial charge is 0.480 e. The summed E-state index contributed by atoms with van der Waals surface area (Å²) in [5.74, 6) is -0.670. The molecule has 1 aliphatic heterocycles. The summed E-state index contributed by atoms with van der Waals surface area (Å²) in [6.07, 6.45) is 9.64. The highest BCUT2D eigenvalue weighted by atomic mass is 16.4. The molecule has 94 valence electrons. The Morgan fingerprint density at radius 3 is 2.28 bits per heavy atom. The van der Waals surface area contributed by atoms with E-state index in [1.165, 1.54) is 0 Å². The average Bonchev–Trinajstić information content (AvgIpc) is 2.60. The first-order valence-electron chi connectivity index (χ1n) is 5.76. The molecule has 1 saturated heterocycles. The van der Waals surface area contributed by atoms with Gasteiger partial charge >= 0.3 is 5.97 Å². The summed E-state index contributed by atoms with van der Waals surface area (Å²) in [4.78, 5) is 36.2. The van der Waals surface area contributed by atoms with E-state index in [4.69, 9.17) is 11.5 Å². The first-order valence-corrected chi connectivity index (χ1v) is 5.76. The molecule has 1 N–H and O–H groups in total. The highest BCUT2D eigenvalue weighted by Gasteiger charge is 2.51. The lowest BCUT2D eigenvalue weighted by Crippen LogP contribution is -2.45. The predicted octanol–water partition coefficient (Wildman–Crippen LogP) is 0.414. The standard InChI is InChI=1S/C13H13NO4/c1-2-5-10(13(17)18)14-11(15)8-6-3-4-7-9(8)12(14)16/h1,3-4,8-10H,5-7H2,(H,17,18). The fraction of sp³-hybridized carbons (Fsp3) is 0.462. The summed E-state index contributed by atoms with van der Waals surface area (Å²) in [6, 6.07) is -1.24. The zero-order valence-electron chi connectivity index (χ0n) is 9.70. The minimum Gasteiger partial charge on any atom is -0.480 e. The first kappa shape index (κ1) is 12.4. The lowest BCUT2D eigenvalue weighted by Gasteiger charge is -2.21. The molecule has 1 fully saturated rings. The number of nitrogens with zero attached hydrogens (tertiary/aromatic N) is 1. The number of fused-ring (bicyclic) bond motifs is 1. The Morgan fingerprint density at radius 1 is 1.39 bits per heavy atom. The number of carboxylic acid groups (broad SMARTS) is 1. The van der Waals surface area contributed by atoms with Crippen LogP contribution in [0.3, 0.4) is 0 Å². The van der Waals surface area contributed by atoms with E-state index in [0.717, 1.165) is 4.90 Å². The van der Waals surface area contributed by atoms with E-state index >= 15 is 0 Å². The second kappa shape index (κ2) is 4.65. The van der Waals surface area contributed by atoms with Gasteiger partial charge in [-0.1, -0.05) is 12.2 Å². The van der Waals surface area contributed by atoms with Crippen molar-refractivity contribution in [1.29, 1.82) is 0 Å².